The third-order valence-corrected chi connectivity index (χ3v) is 3.95. The number of hydrogen-bond acceptors (Lipinski definition) is 2. The number of unbranched alkanes of at least 4 members (excludes halogenated alkanes) is 1. The van der Waals surface area contributed by atoms with Crippen molar-refractivity contribution in [1.29, 1.82) is 0 Å². The normalized spacial score (nSPS) is 11.0. The molecule has 0 fully saturated rings. The van der Waals surface area contributed by atoms with Crippen LogP contribution in [0.15, 0.2) is 29.3 Å². The molecule has 1 aromatic carbocycles. The Morgan fingerprint density at radius 3 is 2.50 bits per heavy atom. The Kier molecular flexibility index (Phi) is 12.8. The molecule has 0 spiro atoms. The number of thioether (sulfide) groups is 1. The zero-order chi connectivity index (χ0) is 15.5. The van der Waals surface area contributed by atoms with Crippen LogP contribution in [0.4, 0.5) is 0 Å². The van der Waals surface area contributed by atoms with E-state index in [2.05, 4.69) is 61.6 Å². The summed E-state index contributed by atoms with van der Waals surface area (Å²) < 4.78 is 0. The molecule has 0 aliphatic carbocycles. The number of hydrogen-bond donors (Lipinski definition) is 1. The van der Waals surface area contributed by atoms with Gasteiger partial charge in [-0.15, -0.1) is 24.0 Å². The van der Waals surface area contributed by atoms with Crippen molar-refractivity contribution in [2.45, 2.75) is 33.2 Å². The SMILES string of the molecule is CCNC(=NCCCCSC)N(C)Cc1ccc(C)cc1.I. The lowest BCUT2D eigenvalue weighted by Crippen LogP contribution is -2.38. The Morgan fingerprint density at radius 2 is 1.91 bits per heavy atom. The minimum atomic E-state index is 0. The van der Waals surface area contributed by atoms with Crippen molar-refractivity contribution < 1.29 is 0 Å². The van der Waals surface area contributed by atoms with Crippen molar-refractivity contribution in [3.8, 4) is 0 Å². The predicted molar refractivity (Wildman–Crippen MR) is 112 cm³/mol. The molecule has 126 valence electrons. The van der Waals surface area contributed by atoms with Crippen LogP contribution in [0.25, 0.3) is 0 Å². The Labute approximate surface area is 157 Å². The molecule has 1 aromatic rings. The Hall–Kier alpha value is -0.430. The zero-order valence-corrected chi connectivity index (χ0v) is 17.4. The first-order chi connectivity index (χ1) is 10.2. The molecule has 0 bridgehead atoms. The minimum Gasteiger partial charge on any atom is -0.357 e. The Morgan fingerprint density at radius 1 is 1.23 bits per heavy atom. The quantitative estimate of drug-likeness (QED) is 0.288. The van der Waals surface area contributed by atoms with E-state index < -0.39 is 0 Å². The van der Waals surface area contributed by atoms with E-state index in [0.29, 0.717) is 0 Å². The number of guanidine groups is 1. The molecule has 0 saturated heterocycles. The highest BCUT2D eigenvalue weighted by molar-refractivity contribution is 14.0. The molecular formula is C17H30IN3S. The van der Waals surface area contributed by atoms with E-state index in [4.69, 9.17) is 4.99 Å². The Bertz CT molecular complexity index is 420. The van der Waals surface area contributed by atoms with E-state index >= 15 is 0 Å². The van der Waals surface area contributed by atoms with E-state index in [-0.39, 0.29) is 24.0 Å². The van der Waals surface area contributed by atoms with Crippen LogP contribution in [-0.2, 0) is 6.54 Å². The van der Waals surface area contributed by atoms with Crippen LogP contribution in [0.1, 0.15) is 30.9 Å². The van der Waals surface area contributed by atoms with Crippen molar-refractivity contribution in [3.63, 3.8) is 0 Å². The number of aryl methyl sites for hydroxylation is 1. The van der Waals surface area contributed by atoms with Gasteiger partial charge < -0.3 is 10.2 Å². The molecule has 0 atom stereocenters. The van der Waals surface area contributed by atoms with Gasteiger partial charge in [-0.1, -0.05) is 29.8 Å². The van der Waals surface area contributed by atoms with E-state index in [1.165, 1.54) is 23.3 Å². The highest BCUT2D eigenvalue weighted by Gasteiger charge is 2.06. The van der Waals surface area contributed by atoms with Crippen LogP contribution in [0.2, 0.25) is 0 Å². The summed E-state index contributed by atoms with van der Waals surface area (Å²) in [5, 5.41) is 3.38. The van der Waals surface area contributed by atoms with E-state index in [0.717, 1.165) is 32.0 Å². The van der Waals surface area contributed by atoms with Gasteiger partial charge in [0.05, 0.1) is 0 Å². The van der Waals surface area contributed by atoms with Gasteiger partial charge >= 0.3 is 0 Å². The Balaban J connectivity index is 0.00000441. The highest BCUT2D eigenvalue weighted by atomic mass is 127. The molecule has 0 unspecified atom stereocenters. The van der Waals surface area contributed by atoms with Crippen LogP contribution in [0, 0.1) is 6.92 Å². The number of nitrogens with one attached hydrogen (secondary N) is 1. The van der Waals surface area contributed by atoms with Crippen LogP contribution in [0.5, 0.6) is 0 Å². The molecule has 0 radical (unpaired) electrons. The lowest BCUT2D eigenvalue weighted by molar-refractivity contribution is 0.476. The van der Waals surface area contributed by atoms with Gasteiger partial charge in [0.1, 0.15) is 0 Å². The van der Waals surface area contributed by atoms with Crippen molar-refractivity contribution in [3.05, 3.63) is 35.4 Å². The maximum Gasteiger partial charge on any atom is 0.193 e. The van der Waals surface area contributed by atoms with Crippen molar-refractivity contribution in [1.82, 2.24) is 10.2 Å². The summed E-state index contributed by atoms with van der Waals surface area (Å²) in [5.74, 6) is 2.23. The largest absolute Gasteiger partial charge is 0.357 e. The molecule has 0 heterocycles. The maximum absolute atomic E-state index is 4.72. The second-order valence-corrected chi connectivity index (χ2v) is 6.26. The first-order valence-corrected chi connectivity index (χ1v) is 9.10. The molecule has 0 aromatic heterocycles. The number of aliphatic imine (C=N–C) groups is 1. The average Bonchev–Trinajstić information content (AvgIpc) is 2.48. The van der Waals surface area contributed by atoms with Gasteiger partial charge in [0.25, 0.3) is 0 Å². The maximum atomic E-state index is 4.72. The summed E-state index contributed by atoms with van der Waals surface area (Å²) in [6.07, 6.45) is 4.56. The minimum absolute atomic E-state index is 0. The smallest absolute Gasteiger partial charge is 0.193 e. The average molecular weight is 435 g/mol. The molecule has 22 heavy (non-hydrogen) atoms. The van der Waals surface area contributed by atoms with E-state index in [1.54, 1.807) is 0 Å². The molecule has 3 nitrogen and oxygen atoms in total. The number of halogens is 1. The molecule has 0 aliphatic heterocycles. The predicted octanol–water partition coefficient (Wildman–Crippen LogP) is 4.15. The summed E-state index contributed by atoms with van der Waals surface area (Å²) in [4.78, 5) is 6.92. The summed E-state index contributed by atoms with van der Waals surface area (Å²) in [6, 6.07) is 8.70. The van der Waals surface area contributed by atoms with Crippen LogP contribution >= 0.6 is 35.7 Å². The molecule has 0 amide bonds. The fourth-order valence-electron chi connectivity index (χ4n) is 2.06. The van der Waals surface area contributed by atoms with Gasteiger partial charge in [-0.05, 0) is 44.3 Å². The highest BCUT2D eigenvalue weighted by Crippen LogP contribution is 2.06. The van der Waals surface area contributed by atoms with Crippen LogP contribution < -0.4 is 5.32 Å². The van der Waals surface area contributed by atoms with Gasteiger partial charge in [-0.3, -0.25) is 4.99 Å². The molecule has 5 heteroatoms. The first-order valence-electron chi connectivity index (χ1n) is 7.71. The van der Waals surface area contributed by atoms with Crippen molar-refractivity contribution >= 4 is 41.7 Å². The molecular weight excluding hydrogens is 405 g/mol. The molecule has 0 saturated carbocycles. The van der Waals surface area contributed by atoms with Crippen LogP contribution in [0.3, 0.4) is 0 Å². The van der Waals surface area contributed by atoms with Gasteiger partial charge in [-0.2, -0.15) is 11.8 Å². The summed E-state index contributed by atoms with van der Waals surface area (Å²) in [6.45, 7) is 6.93. The van der Waals surface area contributed by atoms with Crippen molar-refractivity contribution in [2.24, 2.45) is 4.99 Å². The van der Waals surface area contributed by atoms with Gasteiger partial charge in [0.2, 0.25) is 0 Å². The lowest BCUT2D eigenvalue weighted by Gasteiger charge is -2.22. The lowest BCUT2D eigenvalue weighted by atomic mass is 10.1. The summed E-state index contributed by atoms with van der Waals surface area (Å²) in [5.41, 5.74) is 2.62. The topological polar surface area (TPSA) is 27.6 Å². The van der Waals surface area contributed by atoms with Gasteiger partial charge in [0.15, 0.2) is 5.96 Å². The van der Waals surface area contributed by atoms with Gasteiger partial charge in [-0.25, -0.2) is 0 Å². The summed E-state index contributed by atoms with van der Waals surface area (Å²) >= 11 is 1.91. The zero-order valence-electron chi connectivity index (χ0n) is 14.3. The monoisotopic (exact) mass is 435 g/mol. The molecule has 1 rings (SSSR count). The fourth-order valence-corrected chi connectivity index (χ4v) is 2.55. The first kappa shape index (κ1) is 21.6. The third kappa shape index (κ3) is 8.88. The molecule has 0 aliphatic rings. The number of benzene rings is 1. The second-order valence-electron chi connectivity index (χ2n) is 5.28. The van der Waals surface area contributed by atoms with E-state index in [9.17, 15) is 0 Å². The van der Waals surface area contributed by atoms with Crippen molar-refractivity contribution in [2.75, 3.05) is 32.1 Å². The third-order valence-electron chi connectivity index (χ3n) is 3.25. The van der Waals surface area contributed by atoms with Crippen LogP contribution in [-0.4, -0.2) is 43.0 Å². The summed E-state index contributed by atoms with van der Waals surface area (Å²) in [7, 11) is 2.10. The number of nitrogens with zero attached hydrogens (tertiary/aromatic N) is 2. The fraction of sp³-hybridized carbons (Fsp3) is 0.588. The number of rotatable bonds is 8. The van der Waals surface area contributed by atoms with Gasteiger partial charge in [0, 0.05) is 26.7 Å². The van der Waals surface area contributed by atoms with E-state index in [1.807, 2.05) is 11.8 Å². The second kappa shape index (κ2) is 13.0. The standard InChI is InChI=1S/C17H29N3S.HI/c1-5-18-17(19-12-6-7-13-21-4)20(3)14-16-10-8-15(2)9-11-16;/h8-11H,5-7,12-14H2,1-4H3,(H,18,19);1H. The molecule has 1 N–H and O–H groups in total.